The van der Waals surface area contributed by atoms with Gasteiger partial charge in [-0.15, -0.1) is 0 Å². The Morgan fingerprint density at radius 1 is 1.12 bits per heavy atom. The summed E-state index contributed by atoms with van der Waals surface area (Å²) >= 11 is 0. The molecule has 4 heterocycles. The number of rotatable bonds is 6. The van der Waals surface area contributed by atoms with Gasteiger partial charge in [0, 0.05) is 65.0 Å². The van der Waals surface area contributed by atoms with Crippen molar-refractivity contribution in [3.8, 4) is 22.3 Å². The zero-order valence-corrected chi connectivity index (χ0v) is 19.1. The molecular weight excluding hydrogens is 426 g/mol. The molecule has 0 atom stereocenters. The first kappa shape index (κ1) is 21.5. The van der Waals surface area contributed by atoms with Crippen molar-refractivity contribution in [2.45, 2.75) is 19.8 Å². The van der Waals surface area contributed by atoms with Crippen LogP contribution in [0.1, 0.15) is 19.8 Å². The average Bonchev–Trinajstić information content (AvgIpc) is 3.49. The number of carbonyl (C=O) groups is 1. The van der Waals surface area contributed by atoms with Crippen molar-refractivity contribution in [1.82, 2.24) is 19.5 Å². The summed E-state index contributed by atoms with van der Waals surface area (Å²) in [6, 6.07) is 11.7. The van der Waals surface area contributed by atoms with E-state index in [4.69, 9.17) is 0 Å². The van der Waals surface area contributed by atoms with Crippen LogP contribution in [0.4, 0.5) is 5.69 Å². The lowest BCUT2D eigenvalue weighted by Crippen LogP contribution is -2.16. The van der Waals surface area contributed by atoms with Crippen molar-refractivity contribution in [1.29, 1.82) is 0 Å². The second-order valence-corrected chi connectivity index (χ2v) is 8.31. The van der Waals surface area contributed by atoms with E-state index in [-0.39, 0.29) is 11.5 Å². The molecule has 0 aliphatic rings. The molecule has 0 fully saturated rings. The van der Waals surface area contributed by atoms with Gasteiger partial charge in [-0.05, 0) is 42.3 Å². The van der Waals surface area contributed by atoms with Crippen LogP contribution < -0.4 is 10.9 Å². The minimum absolute atomic E-state index is 0.0641. The molecule has 1 amide bonds. The van der Waals surface area contributed by atoms with Gasteiger partial charge in [-0.3, -0.25) is 9.59 Å². The summed E-state index contributed by atoms with van der Waals surface area (Å²) in [6.07, 6.45) is 12.7. The highest BCUT2D eigenvalue weighted by molar-refractivity contribution is 6.04. The van der Waals surface area contributed by atoms with Gasteiger partial charge in [-0.25, -0.2) is 4.98 Å². The van der Waals surface area contributed by atoms with Crippen molar-refractivity contribution in [3.63, 3.8) is 0 Å². The molecule has 0 saturated heterocycles. The van der Waals surface area contributed by atoms with Crippen LogP contribution in [0.2, 0.25) is 0 Å². The Bertz CT molecular complexity index is 1600. The van der Waals surface area contributed by atoms with Gasteiger partial charge in [0.1, 0.15) is 11.2 Å². The summed E-state index contributed by atoms with van der Waals surface area (Å²) in [7, 11) is 1.75. The number of nitrogens with zero attached hydrogens (tertiary/aromatic N) is 2. The minimum Gasteiger partial charge on any atom is -0.357 e. The highest BCUT2D eigenvalue weighted by Gasteiger charge is 2.15. The number of aryl methyl sites for hydroxylation is 1. The van der Waals surface area contributed by atoms with E-state index in [2.05, 4.69) is 33.3 Å². The normalized spacial score (nSPS) is 11.6. The molecule has 5 rings (SSSR count). The number of pyridine rings is 2. The van der Waals surface area contributed by atoms with Gasteiger partial charge in [0.05, 0.1) is 0 Å². The fraction of sp³-hybridized carbons (Fsp3) is 0.148. The Labute approximate surface area is 196 Å². The van der Waals surface area contributed by atoms with Crippen LogP contribution in [0.3, 0.4) is 0 Å². The largest absolute Gasteiger partial charge is 0.357 e. The highest BCUT2D eigenvalue weighted by Crippen LogP contribution is 2.34. The highest BCUT2D eigenvalue weighted by atomic mass is 16.1. The Morgan fingerprint density at radius 2 is 2.00 bits per heavy atom. The van der Waals surface area contributed by atoms with Gasteiger partial charge >= 0.3 is 0 Å². The van der Waals surface area contributed by atoms with Crippen molar-refractivity contribution in [2.24, 2.45) is 7.05 Å². The number of hydrogen-bond donors (Lipinski definition) is 3. The molecule has 3 N–H and O–H groups in total. The van der Waals surface area contributed by atoms with E-state index in [0.29, 0.717) is 5.52 Å². The van der Waals surface area contributed by atoms with E-state index in [1.165, 1.54) is 0 Å². The zero-order valence-electron chi connectivity index (χ0n) is 19.1. The third kappa shape index (κ3) is 3.92. The van der Waals surface area contributed by atoms with Crippen LogP contribution in [0.25, 0.3) is 44.2 Å². The van der Waals surface area contributed by atoms with Crippen LogP contribution in [0.15, 0.2) is 78.1 Å². The van der Waals surface area contributed by atoms with Crippen molar-refractivity contribution < 1.29 is 4.79 Å². The van der Waals surface area contributed by atoms with Gasteiger partial charge in [-0.2, -0.15) is 0 Å². The molecule has 0 radical (unpaired) electrons. The van der Waals surface area contributed by atoms with Crippen LogP contribution in [0, 0.1) is 0 Å². The molecule has 0 bridgehead atoms. The lowest BCUT2D eigenvalue weighted by Gasteiger charge is -2.08. The van der Waals surface area contributed by atoms with Crippen molar-refractivity contribution >= 4 is 33.5 Å². The number of anilines is 1. The second-order valence-electron chi connectivity index (χ2n) is 8.31. The smallest absolute Gasteiger partial charge is 0.274 e. The molecule has 0 saturated carbocycles. The van der Waals surface area contributed by atoms with Gasteiger partial charge in [0.15, 0.2) is 0 Å². The topological polar surface area (TPSA) is 95.6 Å². The molecule has 0 aliphatic carbocycles. The fourth-order valence-electron chi connectivity index (χ4n) is 4.19. The number of carbonyl (C=O) groups excluding carboxylic acids is 1. The average molecular weight is 452 g/mol. The van der Waals surface area contributed by atoms with Gasteiger partial charge in [-0.1, -0.05) is 31.6 Å². The maximum absolute atomic E-state index is 12.5. The fourth-order valence-corrected chi connectivity index (χ4v) is 4.19. The van der Waals surface area contributed by atoms with E-state index in [1.54, 1.807) is 23.9 Å². The lowest BCUT2D eigenvalue weighted by molar-refractivity contribution is -0.111. The molecule has 34 heavy (non-hydrogen) atoms. The second kappa shape index (κ2) is 8.86. The first-order valence-electron chi connectivity index (χ1n) is 11.3. The Morgan fingerprint density at radius 3 is 2.85 bits per heavy atom. The summed E-state index contributed by atoms with van der Waals surface area (Å²) in [5, 5.41) is 4.75. The lowest BCUT2D eigenvalue weighted by atomic mass is 10.0. The first-order valence-corrected chi connectivity index (χ1v) is 11.3. The molecule has 0 unspecified atom stereocenters. The standard InChI is InChI=1S/C27H25N5O2/c1-3-4-5-9-24(33)31-19-8-6-7-17(12-19)18-13-21-22(15-30-26(21)29-14-18)23-16-32(2)27(34)25-20(23)10-11-28-25/h5-16,28H,3-4H2,1-2H3,(H,29,30)(H,31,33)/b9-5+. The molecule has 7 nitrogen and oxygen atoms in total. The van der Waals surface area contributed by atoms with Crippen LogP contribution in [-0.2, 0) is 11.8 Å². The number of hydrogen-bond acceptors (Lipinski definition) is 3. The number of benzene rings is 1. The number of H-pyrrole nitrogens is 2. The number of allylic oxidation sites excluding steroid dienone is 1. The number of fused-ring (bicyclic) bond motifs is 2. The summed E-state index contributed by atoms with van der Waals surface area (Å²) in [5.74, 6) is -0.141. The summed E-state index contributed by atoms with van der Waals surface area (Å²) in [5.41, 5.74) is 5.80. The first-order chi connectivity index (χ1) is 16.5. The number of amides is 1. The molecule has 4 aromatic heterocycles. The SMILES string of the molecule is CCC/C=C/C(=O)Nc1cccc(-c2cnc3[nH]cc(-c4cn(C)c(=O)c5[nH]ccc45)c3c2)c1. The van der Waals surface area contributed by atoms with Gasteiger partial charge < -0.3 is 19.9 Å². The molecular formula is C27H25N5O2. The monoisotopic (exact) mass is 451 g/mol. The maximum Gasteiger partial charge on any atom is 0.274 e. The third-order valence-corrected chi connectivity index (χ3v) is 5.90. The summed E-state index contributed by atoms with van der Waals surface area (Å²) in [6.45, 7) is 2.08. The number of aromatic nitrogens is 4. The predicted molar refractivity (Wildman–Crippen MR) is 137 cm³/mol. The van der Waals surface area contributed by atoms with Gasteiger partial charge in [0.25, 0.3) is 5.56 Å². The van der Waals surface area contributed by atoms with Crippen molar-refractivity contribution in [2.75, 3.05) is 5.32 Å². The van der Waals surface area contributed by atoms with Crippen molar-refractivity contribution in [3.05, 3.63) is 83.7 Å². The quantitative estimate of drug-likeness (QED) is 0.303. The zero-order chi connectivity index (χ0) is 23.7. The van der Waals surface area contributed by atoms with E-state index >= 15 is 0 Å². The predicted octanol–water partition coefficient (Wildman–Crippen LogP) is 5.37. The van der Waals surface area contributed by atoms with E-state index < -0.39 is 0 Å². The number of aromatic amines is 2. The Hall–Kier alpha value is -4.39. The van der Waals surface area contributed by atoms with E-state index in [1.807, 2.05) is 55.0 Å². The molecule has 0 aliphatic heterocycles. The third-order valence-electron chi connectivity index (χ3n) is 5.90. The summed E-state index contributed by atoms with van der Waals surface area (Å²) < 4.78 is 1.59. The maximum atomic E-state index is 12.5. The Kier molecular flexibility index (Phi) is 5.59. The molecule has 1 aromatic carbocycles. The van der Waals surface area contributed by atoms with Crippen LogP contribution >= 0.6 is 0 Å². The van der Waals surface area contributed by atoms with E-state index in [9.17, 15) is 9.59 Å². The molecule has 5 aromatic rings. The number of nitrogens with one attached hydrogen (secondary N) is 3. The molecule has 0 spiro atoms. The number of unbranched alkanes of at least 4 members (excludes halogenated alkanes) is 1. The molecule has 170 valence electrons. The van der Waals surface area contributed by atoms with Crippen LogP contribution in [0.5, 0.6) is 0 Å². The van der Waals surface area contributed by atoms with Crippen LogP contribution in [-0.4, -0.2) is 25.4 Å². The minimum atomic E-state index is -0.141. The Balaban J connectivity index is 1.54. The van der Waals surface area contributed by atoms with E-state index in [0.717, 1.165) is 57.2 Å². The van der Waals surface area contributed by atoms with Gasteiger partial charge in [0.2, 0.25) is 5.91 Å². The molecule has 7 heteroatoms. The summed E-state index contributed by atoms with van der Waals surface area (Å²) in [4.78, 5) is 35.6.